The molecule has 2 rings (SSSR count). The van der Waals surface area contributed by atoms with Crippen LogP contribution in [0, 0.1) is 6.92 Å². The molecule has 1 aromatic carbocycles. The third-order valence-electron chi connectivity index (χ3n) is 2.91. The average Bonchev–Trinajstić information content (AvgIpc) is 2.39. The van der Waals surface area contributed by atoms with Crippen molar-refractivity contribution >= 4 is 11.7 Å². The largest absolute Gasteiger partial charge is 0.382 e. The lowest BCUT2D eigenvalue weighted by molar-refractivity contribution is 0.0934. The molecule has 1 atom stereocenters. The van der Waals surface area contributed by atoms with Gasteiger partial charge in [-0.1, -0.05) is 24.3 Å². The molecule has 0 bridgehead atoms. The second-order valence-corrected chi connectivity index (χ2v) is 4.38. The van der Waals surface area contributed by atoms with Gasteiger partial charge >= 0.3 is 0 Å². The molecule has 0 saturated carbocycles. The fourth-order valence-corrected chi connectivity index (χ4v) is 1.88. The van der Waals surface area contributed by atoms with Gasteiger partial charge in [-0.3, -0.25) is 4.79 Å². The Morgan fingerprint density at radius 1 is 1.26 bits per heavy atom. The predicted octanol–water partition coefficient (Wildman–Crippen LogP) is 1.86. The molecule has 5 heteroatoms. The standard InChI is InChI=1S/C14H16N4O/c1-9-5-3-4-6-11(9)10(2)18-14(19)12-7-17-13(15)8-16-12/h3-8,10H,1-2H3,(H2,15,17)(H,18,19). The number of nitrogens with one attached hydrogen (secondary N) is 1. The molecule has 1 heterocycles. The van der Waals surface area contributed by atoms with E-state index in [4.69, 9.17) is 5.73 Å². The zero-order valence-electron chi connectivity index (χ0n) is 10.9. The van der Waals surface area contributed by atoms with E-state index in [0.29, 0.717) is 5.82 Å². The highest BCUT2D eigenvalue weighted by Gasteiger charge is 2.13. The molecule has 0 aliphatic rings. The van der Waals surface area contributed by atoms with E-state index < -0.39 is 0 Å². The van der Waals surface area contributed by atoms with Gasteiger partial charge in [0.25, 0.3) is 5.91 Å². The summed E-state index contributed by atoms with van der Waals surface area (Å²) in [5, 5.41) is 2.89. The van der Waals surface area contributed by atoms with Crippen molar-refractivity contribution in [1.82, 2.24) is 15.3 Å². The van der Waals surface area contributed by atoms with Gasteiger partial charge in [0.2, 0.25) is 0 Å². The minimum absolute atomic E-state index is 0.0898. The molecule has 3 N–H and O–H groups in total. The number of aryl methyl sites for hydroxylation is 1. The molecule has 0 aliphatic carbocycles. The van der Waals surface area contributed by atoms with Crippen LogP contribution in [-0.4, -0.2) is 15.9 Å². The van der Waals surface area contributed by atoms with Gasteiger partial charge in [0.05, 0.1) is 18.4 Å². The van der Waals surface area contributed by atoms with Crippen LogP contribution in [0.1, 0.15) is 34.6 Å². The molecular weight excluding hydrogens is 240 g/mol. The molecule has 0 radical (unpaired) electrons. The monoisotopic (exact) mass is 256 g/mol. The Hall–Kier alpha value is -2.43. The molecule has 1 amide bonds. The number of anilines is 1. The van der Waals surface area contributed by atoms with E-state index in [-0.39, 0.29) is 17.6 Å². The van der Waals surface area contributed by atoms with Gasteiger partial charge < -0.3 is 11.1 Å². The van der Waals surface area contributed by atoms with Crippen LogP contribution in [-0.2, 0) is 0 Å². The summed E-state index contributed by atoms with van der Waals surface area (Å²) in [5.41, 5.74) is 7.91. The fourth-order valence-electron chi connectivity index (χ4n) is 1.88. The molecule has 0 aliphatic heterocycles. The molecule has 98 valence electrons. The Labute approximate surface area is 111 Å². The van der Waals surface area contributed by atoms with Crippen molar-refractivity contribution in [1.29, 1.82) is 0 Å². The Balaban J connectivity index is 2.11. The van der Waals surface area contributed by atoms with Gasteiger partial charge in [0.1, 0.15) is 11.5 Å². The first-order valence-electron chi connectivity index (χ1n) is 6.02. The van der Waals surface area contributed by atoms with Crippen molar-refractivity contribution in [3.05, 3.63) is 53.5 Å². The third kappa shape index (κ3) is 3.07. The molecule has 1 aromatic heterocycles. The van der Waals surface area contributed by atoms with Crippen molar-refractivity contribution in [2.45, 2.75) is 19.9 Å². The van der Waals surface area contributed by atoms with E-state index in [0.717, 1.165) is 11.1 Å². The van der Waals surface area contributed by atoms with Crippen LogP contribution in [0.3, 0.4) is 0 Å². The summed E-state index contributed by atoms with van der Waals surface area (Å²) in [6.45, 7) is 3.95. The molecular formula is C14H16N4O. The SMILES string of the molecule is Cc1ccccc1C(C)NC(=O)c1cnc(N)cn1. The van der Waals surface area contributed by atoms with Crippen LogP contribution < -0.4 is 11.1 Å². The lowest BCUT2D eigenvalue weighted by Gasteiger charge is -2.16. The number of rotatable bonds is 3. The van der Waals surface area contributed by atoms with E-state index in [2.05, 4.69) is 15.3 Å². The summed E-state index contributed by atoms with van der Waals surface area (Å²) in [6, 6.07) is 7.84. The van der Waals surface area contributed by atoms with Gasteiger partial charge in [-0.25, -0.2) is 9.97 Å². The van der Waals surface area contributed by atoms with Gasteiger partial charge in [-0.2, -0.15) is 0 Å². The Bertz CT molecular complexity index is 580. The quantitative estimate of drug-likeness (QED) is 0.878. The Morgan fingerprint density at radius 3 is 2.63 bits per heavy atom. The van der Waals surface area contributed by atoms with Crippen LogP contribution in [0.5, 0.6) is 0 Å². The lowest BCUT2D eigenvalue weighted by Crippen LogP contribution is -2.28. The molecule has 5 nitrogen and oxygen atoms in total. The highest BCUT2D eigenvalue weighted by atomic mass is 16.1. The second-order valence-electron chi connectivity index (χ2n) is 4.38. The van der Waals surface area contributed by atoms with E-state index in [1.165, 1.54) is 12.4 Å². The third-order valence-corrected chi connectivity index (χ3v) is 2.91. The van der Waals surface area contributed by atoms with Crippen LogP contribution in [0.15, 0.2) is 36.7 Å². The normalized spacial score (nSPS) is 11.9. The highest BCUT2D eigenvalue weighted by molar-refractivity contribution is 5.92. The van der Waals surface area contributed by atoms with E-state index in [1.807, 2.05) is 38.1 Å². The zero-order valence-corrected chi connectivity index (χ0v) is 10.9. The highest BCUT2D eigenvalue weighted by Crippen LogP contribution is 2.16. The molecule has 0 spiro atoms. The number of hydrogen-bond donors (Lipinski definition) is 2. The molecule has 2 aromatic rings. The number of carbonyl (C=O) groups excluding carboxylic acids is 1. The maximum atomic E-state index is 12.0. The van der Waals surface area contributed by atoms with Gasteiger partial charge in [-0.15, -0.1) is 0 Å². The summed E-state index contributed by atoms with van der Waals surface area (Å²) in [6.07, 6.45) is 2.74. The first-order valence-corrected chi connectivity index (χ1v) is 6.02. The summed E-state index contributed by atoms with van der Waals surface area (Å²) in [4.78, 5) is 19.8. The summed E-state index contributed by atoms with van der Waals surface area (Å²) in [7, 11) is 0. The van der Waals surface area contributed by atoms with Crippen molar-refractivity contribution < 1.29 is 4.79 Å². The van der Waals surface area contributed by atoms with Crippen LogP contribution in [0.25, 0.3) is 0 Å². The molecule has 0 fully saturated rings. The number of nitrogens with two attached hydrogens (primary N) is 1. The van der Waals surface area contributed by atoms with E-state index >= 15 is 0 Å². The van der Waals surface area contributed by atoms with Crippen molar-refractivity contribution in [3.8, 4) is 0 Å². The number of nitrogen functional groups attached to an aromatic ring is 1. The number of hydrogen-bond acceptors (Lipinski definition) is 4. The van der Waals surface area contributed by atoms with Crippen LogP contribution >= 0.6 is 0 Å². The van der Waals surface area contributed by atoms with Gasteiger partial charge in [-0.05, 0) is 25.0 Å². The fraction of sp³-hybridized carbons (Fsp3) is 0.214. The Morgan fingerprint density at radius 2 is 2.00 bits per heavy atom. The molecule has 1 unspecified atom stereocenters. The van der Waals surface area contributed by atoms with E-state index in [1.54, 1.807) is 0 Å². The molecule has 0 saturated heterocycles. The Kier molecular flexibility index (Phi) is 3.75. The van der Waals surface area contributed by atoms with Gasteiger partial charge in [0.15, 0.2) is 0 Å². The molecule has 19 heavy (non-hydrogen) atoms. The summed E-state index contributed by atoms with van der Waals surface area (Å²) < 4.78 is 0. The second kappa shape index (κ2) is 5.48. The number of carbonyl (C=O) groups is 1. The predicted molar refractivity (Wildman–Crippen MR) is 73.5 cm³/mol. The zero-order chi connectivity index (χ0) is 13.8. The van der Waals surface area contributed by atoms with Crippen molar-refractivity contribution in [2.75, 3.05) is 5.73 Å². The summed E-state index contributed by atoms with van der Waals surface area (Å²) >= 11 is 0. The number of aromatic nitrogens is 2. The maximum Gasteiger partial charge on any atom is 0.271 e. The minimum atomic E-state index is -0.261. The summed E-state index contributed by atoms with van der Waals surface area (Å²) in [5.74, 6) is 0.0340. The maximum absolute atomic E-state index is 12.0. The minimum Gasteiger partial charge on any atom is -0.382 e. The van der Waals surface area contributed by atoms with Gasteiger partial charge in [0, 0.05) is 0 Å². The van der Waals surface area contributed by atoms with Crippen LogP contribution in [0.4, 0.5) is 5.82 Å². The smallest absolute Gasteiger partial charge is 0.271 e. The topological polar surface area (TPSA) is 80.9 Å². The van der Waals surface area contributed by atoms with E-state index in [9.17, 15) is 4.79 Å². The van der Waals surface area contributed by atoms with Crippen LogP contribution in [0.2, 0.25) is 0 Å². The first kappa shape index (κ1) is 13.0. The lowest BCUT2D eigenvalue weighted by atomic mass is 10.0. The number of benzene rings is 1. The average molecular weight is 256 g/mol. The number of nitrogens with zero attached hydrogens (tertiary/aromatic N) is 2. The first-order chi connectivity index (χ1) is 9.08. The number of amides is 1. The van der Waals surface area contributed by atoms with Crippen molar-refractivity contribution in [2.24, 2.45) is 0 Å². The van der Waals surface area contributed by atoms with Crippen molar-refractivity contribution in [3.63, 3.8) is 0 Å².